The van der Waals surface area contributed by atoms with E-state index in [-0.39, 0.29) is 0 Å². The summed E-state index contributed by atoms with van der Waals surface area (Å²) in [6, 6.07) is 8.21. The van der Waals surface area contributed by atoms with E-state index in [1.54, 1.807) is 0 Å². The number of hydrogen-bond donors (Lipinski definition) is 1. The van der Waals surface area contributed by atoms with Gasteiger partial charge in [-0.3, -0.25) is 4.98 Å². The van der Waals surface area contributed by atoms with Crippen LogP contribution in [0, 0.1) is 12.3 Å². The Kier molecular flexibility index (Phi) is 4.74. The summed E-state index contributed by atoms with van der Waals surface area (Å²) in [6.45, 7) is 1.76. The lowest BCUT2D eigenvalue weighted by Gasteiger charge is -2.08. The van der Waals surface area contributed by atoms with Crippen molar-refractivity contribution in [1.82, 2.24) is 10.3 Å². The maximum Gasteiger partial charge on any atom is 0.0758 e. The topological polar surface area (TPSA) is 24.9 Å². The zero-order valence-corrected chi connectivity index (χ0v) is 11.7. The van der Waals surface area contributed by atoms with Crippen molar-refractivity contribution in [2.45, 2.75) is 19.4 Å². The predicted octanol–water partition coefficient (Wildman–Crippen LogP) is 3.50. The Balaban J connectivity index is 2.09. The second kappa shape index (κ2) is 6.53. The summed E-state index contributed by atoms with van der Waals surface area (Å²) in [6.07, 6.45) is 8.89. The Hall–Kier alpha value is -1.37. The molecule has 0 bridgehead atoms. The van der Waals surface area contributed by atoms with Gasteiger partial charge in [0.05, 0.1) is 5.52 Å². The van der Waals surface area contributed by atoms with Gasteiger partial charge >= 0.3 is 0 Å². The number of nitrogens with one attached hydrogen (secondary N) is 1. The van der Waals surface area contributed by atoms with Gasteiger partial charge in [-0.15, -0.1) is 12.3 Å². The number of pyridine rings is 1. The number of benzene rings is 1. The molecule has 0 aliphatic rings. The van der Waals surface area contributed by atoms with E-state index in [1.165, 1.54) is 5.56 Å². The predicted molar refractivity (Wildman–Crippen MR) is 79.2 cm³/mol. The molecule has 0 saturated carbocycles. The van der Waals surface area contributed by atoms with Crippen LogP contribution in [-0.2, 0) is 6.54 Å². The number of hydrogen-bond acceptors (Lipinski definition) is 2. The molecule has 2 rings (SSSR count). The van der Waals surface area contributed by atoms with E-state index in [2.05, 4.69) is 50.4 Å². The smallest absolute Gasteiger partial charge is 0.0758 e. The SMILES string of the molecule is C#CCCCNCc1ccc(Br)c2cccnc12. The summed E-state index contributed by atoms with van der Waals surface area (Å²) in [5.41, 5.74) is 2.27. The van der Waals surface area contributed by atoms with Crippen molar-refractivity contribution in [3.05, 3.63) is 40.5 Å². The summed E-state index contributed by atoms with van der Waals surface area (Å²) >= 11 is 3.55. The average molecular weight is 303 g/mol. The lowest BCUT2D eigenvalue weighted by molar-refractivity contribution is 0.661. The molecule has 2 aromatic rings. The first kappa shape index (κ1) is 13.1. The highest BCUT2D eigenvalue weighted by atomic mass is 79.9. The van der Waals surface area contributed by atoms with Crippen molar-refractivity contribution in [3.8, 4) is 12.3 Å². The molecule has 0 atom stereocenters. The number of unbranched alkanes of at least 4 members (excludes halogenated alkanes) is 1. The summed E-state index contributed by atoms with van der Waals surface area (Å²) in [5.74, 6) is 2.64. The number of fused-ring (bicyclic) bond motifs is 1. The molecule has 1 N–H and O–H groups in total. The lowest BCUT2D eigenvalue weighted by Crippen LogP contribution is -2.14. The highest BCUT2D eigenvalue weighted by Gasteiger charge is 2.04. The fourth-order valence-electron chi connectivity index (χ4n) is 1.88. The maximum absolute atomic E-state index is 5.22. The van der Waals surface area contributed by atoms with Gasteiger partial charge in [0.1, 0.15) is 0 Å². The molecule has 0 saturated heterocycles. The van der Waals surface area contributed by atoms with Crippen LogP contribution in [0.5, 0.6) is 0 Å². The zero-order chi connectivity index (χ0) is 12.8. The van der Waals surface area contributed by atoms with Gasteiger partial charge in [-0.05, 0) is 30.7 Å². The van der Waals surface area contributed by atoms with Crippen LogP contribution in [0.2, 0.25) is 0 Å². The van der Waals surface area contributed by atoms with E-state index < -0.39 is 0 Å². The van der Waals surface area contributed by atoms with Crippen molar-refractivity contribution < 1.29 is 0 Å². The van der Waals surface area contributed by atoms with Crippen LogP contribution in [0.1, 0.15) is 18.4 Å². The van der Waals surface area contributed by atoms with Crippen LogP contribution in [0.15, 0.2) is 34.9 Å². The van der Waals surface area contributed by atoms with Crippen LogP contribution in [0.3, 0.4) is 0 Å². The molecule has 0 spiro atoms. The third-order valence-electron chi connectivity index (χ3n) is 2.79. The first-order chi connectivity index (χ1) is 8.83. The summed E-state index contributed by atoms with van der Waals surface area (Å²) < 4.78 is 1.08. The van der Waals surface area contributed by atoms with Crippen LogP contribution in [0.4, 0.5) is 0 Å². The normalized spacial score (nSPS) is 10.4. The molecule has 0 unspecified atom stereocenters. The minimum Gasteiger partial charge on any atom is -0.313 e. The average Bonchev–Trinajstić information content (AvgIpc) is 2.41. The van der Waals surface area contributed by atoms with E-state index in [9.17, 15) is 0 Å². The second-order valence-corrected chi connectivity index (χ2v) is 4.94. The highest BCUT2D eigenvalue weighted by Crippen LogP contribution is 2.24. The monoisotopic (exact) mass is 302 g/mol. The number of nitrogens with zero attached hydrogens (tertiary/aromatic N) is 1. The number of terminal acetylenes is 1. The third-order valence-corrected chi connectivity index (χ3v) is 3.48. The van der Waals surface area contributed by atoms with E-state index in [4.69, 9.17) is 6.42 Å². The fraction of sp³-hybridized carbons (Fsp3) is 0.267. The Bertz CT molecular complexity index is 572. The minimum atomic E-state index is 0.825. The zero-order valence-electron chi connectivity index (χ0n) is 10.1. The van der Waals surface area contributed by atoms with E-state index in [1.807, 2.05) is 12.3 Å². The maximum atomic E-state index is 5.22. The Morgan fingerprint density at radius 3 is 3.06 bits per heavy atom. The molecule has 3 heteroatoms. The number of rotatable bonds is 5. The Morgan fingerprint density at radius 2 is 2.22 bits per heavy atom. The van der Waals surface area contributed by atoms with Crippen LogP contribution in [0.25, 0.3) is 10.9 Å². The van der Waals surface area contributed by atoms with Crippen molar-refractivity contribution >= 4 is 26.8 Å². The number of halogens is 1. The molecule has 0 radical (unpaired) electrons. The quantitative estimate of drug-likeness (QED) is 0.675. The van der Waals surface area contributed by atoms with Crippen LogP contribution < -0.4 is 5.32 Å². The molecule has 1 aromatic heterocycles. The van der Waals surface area contributed by atoms with Gasteiger partial charge in [0.2, 0.25) is 0 Å². The van der Waals surface area contributed by atoms with Crippen molar-refractivity contribution in [2.24, 2.45) is 0 Å². The van der Waals surface area contributed by atoms with Crippen molar-refractivity contribution in [3.63, 3.8) is 0 Å². The van der Waals surface area contributed by atoms with Crippen LogP contribution in [-0.4, -0.2) is 11.5 Å². The number of aromatic nitrogens is 1. The first-order valence-corrected chi connectivity index (χ1v) is 6.78. The van der Waals surface area contributed by atoms with E-state index in [0.29, 0.717) is 0 Å². The Labute approximate surface area is 116 Å². The lowest BCUT2D eigenvalue weighted by atomic mass is 10.1. The molecule has 0 amide bonds. The second-order valence-electron chi connectivity index (χ2n) is 4.09. The van der Waals surface area contributed by atoms with Gasteiger partial charge in [-0.2, -0.15) is 0 Å². The third kappa shape index (κ3) is 3.10. The molecule has 92 valence electrons. The molecule has 1 heterocycles. The van der Waals surface area contributed by atoms with Gasteiger partial charge in [-0.1, -0.05) is 28.1 Å². The van der Waals surface area contributed by atoms with Gasteiger partial charge in [0.15, 0.2) is 0 Å². The molecule has 0 fully saturated rings. The molecule has 0 aliphatic heterocycles. The van der Waals surface area contributed by atoms with E-state index in [0.717, 1.165) is 41.3 Å². The molecular formula is C15H15BrN2. The minimum absolute atomic E-state index is 0.825. The molecule has 18 heavy (non-hydrogen) atoms. The fourth-order valence-corrected chi connectivity index (χ4v) is 2.33. The van der Waals surface area contributed by atoms with Crippen molar-refractivity contribution in [1.29, 1.82) is 0 Å². The van der Waals surface area contributed by atoms with Gasteiger partial charge in [0, 0.05) is 29.0 Å². The largest absolute Gasteiger partial charge is 0.313 e. The molecule has 1 aromatic carbocycles. The summed E-state index contributed by atoms with van der Waals surface area (Å²) in [7, 11) is 0. The summed E-state index contributed by atoms with van der Waals surface area (Å²) in [5, 5.41) is 4.55. The van der Waals surface area contributed by atoms with Gasteiger partial charge < -0.3 is 5.32 Å². The van der Waals surface area contributed by atoms with Gasteiger partial charge in [0.25, 0.3) is 0 Å². The summed E-state index contributed by atoms with van der Waals surface area (Å²) in [4.78, 5) is 4.45. The first-order valence-electron chi connectivity index (χ1n) is 5.99. The van der Waals surface area contributed by atoms with Gasteiger partial charge in [-0.25, -0.2) is 0 Å². The van der Waals surface area contributed by atoms with Crippen molar-refractivity contribution in [2.75, 3.05) is 6.54 Å². The molecule has 0 aliphatic carbocycles. The Morgan fingerprint density at radius 1 is 1.33 bits per heavy atom. The highest BCUT2D eigenvalue weighted by molar-refractivity contribution is 9.10. The molecular weight excluding hydrogens is 288 g/mol. The standard InChI is InChI=1S/C15H15BrN2/c1-2-3-4-9-17-11-12-7-8-14(16)13-6-5-10-18-15(12)13/h1,5-8,10,17H,3-4,9,11H2. The molecule has 2 nitrogen and oxygen atoms in total. The van der Waals surface area contributed by atoms with E-state index >= 15 is 0 Å². The van der Waals surface area contributed by atoms with Crippen LogP contribution >= 0.6 is 15.9 Å².